The largest absolute Gasteiger partial charge is 0.342 e. The summed E-state index contributed by atoms with van der Waals surface area (Å²) in [5.41, 5.74) is 2.62. The van der Waals surface area contributed by atoms with E-state index < -0.39 is 5.54 Å². The number of rotatable bonds is 5. The van der Waals surface area contributed by atoms with Gasteiger partial charge in [-0.15, -0.1) is 0 Å². The summed E-state index contributed by atoms with van der Waals surface area (Å²) in [4.78, 5) is 38.9. The van der Waals surface area contributed by atoms with Crippen LogP contribution in [0.1, 0.15) is 37.7 Å². The van der Waals surface area contributed by atoms with Crippen molar-refractivity contribution in [2.45, 2.75) is 37.6 Å². The van der Waals surface area contributed by atoms with Gasteiger partial charge < -0.3 is 4.90 Å². The summed E-state index contributed by atoms with van der Waals surface area (Å²) >= 11 is 6.23. The highest BCUT2D eigenvalue weighted by Crippen LogP contribution is 2.46. The third kappa shape index (κ3) is 3.70. The molecule has 2 aliphatic heterocycles. The predicted octanol–water partition coefficient (Wildman–Crippen LogP) is 4.94. The number of amides is 2. The minimum atomic E-state index is -0.540. The average molecular weight is 499 g/mol. The van der Waals surface area contributed by atoms with E-state index in [2.05, 4.69) is 41.4 Å². The number of carbonyl (C=O) groups excluding carboxylic acids is 2. The Morgan fingerprint density at radius 1 is 1.00 bits per heavy atom. The number of benzene rings is 2. The Hall–Kier alpha value is -3.25. The Labute approximate surface area is 215 Å². The Morgan fingerprint density at radius 3 is 2.50 bits per heavy atom. The fourth-order valence-electron chi connectivity index (χ4n) is 5.65. The third-order valence-electron chi connectivity index (χ3n) is 8.10. The van der Waals surface area contributed by atoms with Crippen molar-refractivity contribution < 1.29 is 9.59 Å². The minimum Gasteiger partial charge on any atom is -0.342 e. The van der Waals surface area contributed by atoms with E-state index in [0.29, 0.717) is 23.5 Å². The first-order valence-corrected chi connectivity index (χ1v) is 13.2. The maximum absolute atomic E-state index is 13.3. The molecule has 1 spiro atoms. The normalized spacial score (nSPS) is 22.5. The highest BCUT2D eigenvalue weighted by atomic mass is 35.5. The first-order valence-electron chi connectivity index (χ1n) is 12.9. The molecular weight excluding hydrogens is 472 g/mol. The maximum atomic E-state index is 13.3. The Kier molecular flexibility index (Phi) is 4.97. The third-order valence-corrected chi connectivity index (χ3v) is 8.40. The summed E-state index contributed by atoms with van der Waals surface area (Å²) in [6, 6.07) is 16.5. The molecule has 4 aliphatic rings. The average Bonchev–Trinajstić information content (AvgIpc) is 3.82. The lowest BCUT2D eigenvalue weighted by Gasteiger charge is -2.23. The van der Waals surface area contributed by atoms with Crippen LogP contribution in [0, 0.1) is 11.8 Å². The smallest absolute Gasteiger partial charge is 0.256 e. The second kappa shape index (κ2) is 8.13. The standard InChI is InChI=1S/C29H27ClN4O2/c30-25-24-8-7-22(15-23(24)9-13-31-25)19-1-3-20(4-2-19)26-32-29(11-12-29)28(36)34(26)17-18-10-14-33(16-18)27(35)21-5-6-21/h1-4,7-9,13,15,18,21H,5-6,10-12,14,16-17H2/t18-/m1/s1. The minimum absolute atomic E-state index is 0.133. The van der Waals surface area contributed by atoms with Crippen LogP contribution in [0.15, 0.2) is 59.7 Å². The molecule has 2 saturated carbocycles. The molecule has 1 aromatic heterocycles. The number of fused-ring (bicyclic) bond motifs is 1. The number of halogens is 1. The van der Waals surface area contributed by atoms with Crippen molar-refractivity contribution in [3.05, 3.63) is 65.4 Å². The number of aliphatic imine (C=N–C) groups is 1. The predicted molar refractivity (Wildman–Crippen MR) is 140 cm³/mol. The highest BCUT2D eigenvalue weighted by molar-refractivity contribution is 6.34. The van der Waals surface area contributed by atoms with Gasteiger partial charge in [0.2, 0.25) is 5.91 Å². The molecule has 2 aliphatic carbocycles. The van der Waals surface area contributed by atoms with Crippen LogP contribution in [0.3, 0.4) is 0 Å². The number of nitrogens with zero attached hydrogens (tertiary/aromatic N) is 4. The molecule has 6 nitrogen and oxygen atoms in total. The summed E-state index contributed by atoms with van der Waals surface area (Å²) < 4.78 is 0. The van der Waals surface area contributed by atoms with Crippen LogP contribution >= 0.6 is 11.6 Å². The lowest BCUT2D eigenvalue weighted by Crippen LogP contribution is -2.40. The number of likely N-dealkylation sites (tertiary alicyclic amines) is 1. The molecule has 7 rings (SSSR count). The molecule has 2 aromatic carbocycles. The zero-order valence-corrected chi connectivity index (χ0v) is 20.7. The highest BCUT2D eigenvalue weighted by Gasteiger charge is 2.57. The van der Waals surface area contributed by atoms with E-state index in [1.165, 1.54) is 0 Å². The fraction of sp³-hybridized carbons (Fsp3) is 0.379. The Bertz CT molecular complexity index is 1420. The fourth-order valence-corrected chi connectivity index (χ4v) is 5.88. The molecule has 1 atom stereocenters. The summed E-state index contributed by atoms with van der Waals surface area (Å²) in [5, 5.41) is 2.50. The van der Waals surface area contributed by atoms with Crippen molar-refractivity contribution in [2.24, 2.45) is 16.8 Å². The molecule has 0 bridgehead atoms. The van der Waals surface area contributed by atoms with Crippen LogP contribution in [0.25, 0.3) is 21.9 Å². The summed E-state index contributed by atoms with van der Waals surface area (Å²) in [6.07, 6.45) is 6.39. The summed E-state index contributed by atoms with van der Waals surface area (Å²) in [6.45, 7) is 2.19. The first-order chi connectivity index (χ1) is 17.5. The number of aromatic nitrogens is 1. The topological polar surface area (TPSA) is 65.9 Å². The van der Waals surface area contributed by atoms with Crippen molar-refractivity contribution in [1.29, 1.82) is 0 Å². The van der Waals surface area contributed by atoms with Gasteiger partial charge in [-0.1, -0.05) is 48.0 Å². The van der Waals surface area contributed by atoms with Crippen molar-refractivity contribution in [3.8, 4) is 11.1 Å². The number of hydrogen-bond donors (Lipinski definition) is 0. The van der Waals surface area contributed by atoms with Crippen LogP contribution in [0.5, 0.6) is 0 Å². The summed E-state index contributed by atoms with van der Waals surface area (Å²) in [7, 11) is 0. The molecule has 2 amide bonds. The van der Waals surface area contributed by atoms with Crippen LogP contribution in [0.2, 0.25) is 5.15 Å². The lowest BCUT2D eigenvalue weighted by molar-refractivity contribution is -0.131. The van der Waals surface area contributed by atoms with Crippen molar-refractivity contribution in [2.75, 3.05) is 19.6 Å². The van der Waals surface area contributed by atoms with Gasteiger partial charge in [0.05, 0.1) is 0 Å². The van der Waals surface area contributed by atoms with Crippen molar-refractivity contribution in [1.82, 2.24) is 14.8 Å². The molecule has 0 N–H and O–H groups in total. The van der Waals surface area contributed by atoms with E-state index in [9.17, 15) is 9.59 Å². The second-order valence-corrected chi connectivity index (χ2v) is 11.1. The van der Waals surface area contributed by atoms with Gasteiger partial charge in [0.15, 0.2) is 0 Å². The van der Waals surface area contributed by atoms with Gasteiger partial charge >= 0.3 is 0 Å². The monoisotopic (exact) mass is 498 g/mol. The van der Waals surface area contributed by atoms with E-state index in [0.717, 1.165) is 78.5 Å². The van der Waals surface area contributed by atoms with E-state index in [1.54, 1.807) is 6.20 Å². The molecule has 7 heteroatoms. The van der Waals surface area contributed by atoms with Gasteiger partial charge in [0.25, 0.3) is 5.91 Å². The Morgan fingerprint density at radius 2 is 1.75 bits per heavy atom. The molecule has 3 fully saturated rings. The molecule has 3 aromatic rings. The van der Waals surface area contributed by atoms with Gasteiger partial charge in [-0.3, -0.25) is 19.5 Å². The molecule has 0 radical (unpaired) electrons. The van der Waals surface area contributed by atoms with Gasteiger partial charge in [-0.05, 0) is 66.7 Å². The SMILES string of the molecule is O=C(C1CC1)N1CC[C@@H](CN2C(=O)C3(CC3)N=C2c2ccc(-c3ccc4c(Cl)nccc4c3)cc2)C1. The number of carbonyl (C=O) groups is 2. The number of hydrogen-bond acceptors (Lipinski definition) is 4. The van der Waals surface area contributed by atoms with Gasteiger partial charge in [-0.25, -0.2) is 4.98 Å². The molecular formula is C29H27ClN4O2. The quantitative estimate of drug-likeness (QED) is 0.468. The van der Waals surface area contributed by atoms with E-state index >= 15 is 0 Å². The molecule has 0 unspecified atom stereocenters. The number of amidine groups is 1. The van der Waals surface area contributed by atoms with Crippen LogP contribution in [-0.2, 0) is 9.59 Å². The van der Waals surface area contributed by atoms with Crippen LogP contribution < -0.4 is 0 Å². The van der Waals surface area contributed by atoms with Crippen molar-refractivity contribution in [3.63, 3.8) is 0 Å². The zero-order valence-electron chi connectivity index (χ0n) is 20.0. The molecule has 36 heavy (non-hydrogen) atoms. The van der Waals surface area contributed by atoms with Crippen molar-refractivity contribution >= 4 is 40.0 Å². The van der Waals surface area contributed by atoms with Crippen LogP contribution in [0.4, 0.5) is 0 Å². The van der Waals surface area contributed by atoms with E-state index in [1.807, 2.05) is 21.9 Å². The van der Waals surface area contributed by atoms with Gasteiger partial charge in [0.1, 0.15) is 16.5 Å². The second-order valence-electron chi connectivity index (χ2n) is 10.7. The number of pyridine rings is 1. The zero-order chi connectivity index (χ0) is 24.4. The lowest BCUT2D eigenvalue weighted by atomic mass is 10.0. The Balaban J connectivity index is 1.12. The molecule has 3 heterocycles. The van der Waals surface area contributed by atoms with Crippen LogP contribution in [-0.4, -0.2) is 57.6 Å². The summed E-state index contributed by atoms with van der Waals surface area (Å²) in [5.74, 6) is 1.77. The van der Waals surface area contributed by atoms with E-state index in [4.69, 9.17) is 16.6 Å². The first kappa shape index (κ1) is 22.0. The maximum Gasteiger partial charge on any atom is 0.256 e. The molecule has 182 valence electrons. The van der Waals surface area contributed by atoms with Gasteiger partial charge in [-0.2, -0.15) is 0 Å². The van der Waals surface area contributed by atoms with Gasteiger partial charge in [0, 0.05) is 42.7 Å². The van der Waals surface area contributed by atoms with E-state index in [-0.39, 0.29) is 11.8 Å². The molecule has 1 saturated heterocycles.